The van der Waals surface area contributed by atoms with Gasteiger partial charge in [0.1, 0.15) is 12.2 Å². The van der Waals surface area contributed by atoms with Crippen LogP contribution in [-0.2, 0) is 48.3 Å². The molecule has 0 bridgehead atoms. The Labute approximate surface area is 238 Å². The molecule has 0 aromatic heterocycles. The van der Waals surface area contributed by atoms with Gasteiger partial charge in [-0.2, -0.15) is 8.78 Å². The van der Waals surface area contributed by atoms with Crippen LogP contribution in [0.4, 0.5) is 8.78 Å². The molecule has 0 saturated carbocycles. The standard InChI is InChI=1S/C31H33ClF2O6/c1-2-37-29(35)31(33,34)30(32)18-26(38-20-24-14-8-4-9-15-24)28(39-21-25-16-10-5-11-17-25)27(40-30)22-36-19-23-12-6-3-7-13-23/h3-17,26-28H,2,18-22H2,1H3/t26?,27?,28-,30?/m0/s1. The fourth-order valence-corrected chi connectivity index (χ4v) is 4.80. The van der Waals surface area contributed by atoms with Gasteiger partial charge < -0.3 is 23.7 Å². The average molecular weight is 575 g/mol. The van der Waals surface area contributed by atoms with Crippen molar-refractivity contribution in [2.75, 3.05) is 13.2 Å². The number of halogens is 3. The first-order valence-electron chi connectivity index (χ1n) is 13.2. The zero-order valence-corrected chi connectivity index (χ0v) is 23.0. The minimum Gasteiger partial charge on any atom is -0.461 e. The lowest BCUT2D eigenvalue weighted by atomic mass is 9.93. The molecule has 1 saturated heterocycles. The van der Waals surface area contributed by atoms with Crippen molar-refractivity contribution >= 4 is 17.6 Å². The van der Waals surface area contributed by atoms with E-state index in [9.17, 15) is 4.79 Å². The topological polar surface area (TPSA) is 63.2 Å². The van der Waals surface area contributed by atoms with Crippen LogP contribution >= 0.6 is 11.6 Å². The van der Waals surface area contributed by atoms with Crippen molar-refractivity contribution in [3.8, 4) is 0 Å². The first-order chi connectivity index (χ1) is 19.3. The molecule has 0 spiro atoms. The number of hydrogen-bond acceptors (Lipinski definition) is 6. The Balaban J connectivity index is 1.60. The van der Waals surface area contributed by atoms with Crippen LogP contribution in [0.3, 0.4) is 0 Å². The lowest BCUT2D eigenvalue weighted by molar-refractivity contribution is -0.278. The van der Waals surface area contributed by atoms with Crippen LogP contribution in [-0.4, -0.2) is 48.5 Å². The largest absolute Gasteiger partial charge is 0.461 e. The molecular weight excluding hydrogens is 542 g/mol. The van der Waals surface area contributed by atoms with Gasteiger partial charge in [0.2, 0.25) is 5.06 Å². The summed E-state index contributed by atoms with van der Waals surface area (Å²) in [6.07, 6.45) is -3.40. The van der Waals surface area contributed by atoms with Gasteiger partial charge in [-0.1, -0.05) is 103 Å². The van der Waals surface area contributed by atoms with Gasteiger partial charge in [0.25, 0.3) is 0 Å². The fourth-order valence-electron chi connectivity index (χ4n) is 4.45. The molecule has 0 amide bonds. The van der Waals surface area contributed by atoms with Gasteiger partial charge in [-0.25, -0.2) is 4.79 Å². The summed E-state index contributed by atoms with van der Waals surface area (Å²) in [5, 5.41) is -2.74. The molecule has 0 radical (unpaired) electrons. The summed E-state index contributed by atoms with van der Waals surface area (Å²) in [4.78, 5) is 12.3. The number of benzene rings is 3. The summed E-state index contributed by atoms with van der Waals surface area (Å²) in [5.41, 5.74) is 2.61. The molecule has 1 heterocycles. The fraction of sp³-hybridized carbons (Fsp3) is 0.387. The number of rotatable bonds is 13. The van der Waals surface area contributed by atoms with Gasteiger partial charge in [0.05, 0.1) is 39.1 Å². The Morgan fingerprint density at radius 2 is 1.38 bits per heavy atom. The van der Waals surface area contributed by atoms with Gasteiger partial charge in [0.15, 0.2) is 0 Å². The second-order valence-electron chi connectivity index (χ2n) is 9.48. The number of carbonyl (C=O) groups is 1. The highest BCUT2D eigenvalue weighted by Gasteiger charge is 2.66. The predicted molar refractivity (Wildman–Crippen MR) is 146 cm³/mol. The van der Waals surface area contributed by atoms with Gasteiger partial charge in [-0.05, 0) is 23.6 Å². The number of hydrogen-bond donors (Lipinski definition) is 0. The summed E-state index contributed by atoms with van der Waals surface area (Å²) in [7, 11) is 0. The van der Waals surface area contributed by atoms with E-state index >= 15 is 8.78 Å². The van der Waals surface area contributed by atoms with Crippen molar-refractivity contribution in [1.29, 1.82) is 0 Å². The van der Waals surface area contributed by atoms with Crippen molar-refractivity contribution in [3.63, 3.8) is 0 Å². The Morgan fingerprint density at radius 3 is 1.90 bits per heavy atom. The van der Waals surface area contributed by atoms with E-state index in [1.165, 1.54) is 6.92 Å². The Morgan fingerprint density at radius 1 is 0.875 bits per heavy atom. The molecule has 3 aromatic rings. The molecule has 0 N–H and O–H groups in total. The first kappa shape index (κ1) is 30.1. The molecule has 9 heteroatoms. The molecule has 3 unspecified atom stereocenters. The maximum absolute atomic E-state index is 15.5. The normalized spacial score (nSPS) is 23.1. The van der Waals surface area contributed by atoms with Crippen LogP contribution in [0.25, 0.3) is 0 Å². The van der Waals surface area contributed by atoms with Crippen LogP contribution in [0.15, 0.2) is 91.0 Å². The van der Waals surface area contributed by atoms with Crippen LogP contribution < -0.4 is 0 Å². The third-order valence-electron chi connectivity index (χ3n) is 6.52. The highest BCUT2D eigenvalue weighted by atomic mass is 35.5. The number of esters is 1. The minimum absolute atomic E-state index is 0.117. The van der Waals surface area contributed by atoms with E-state index in [0.717, 1.165) is 16.7 Å². The maximum atomic E-state index is 15.5. The van der Waals surface area contributed by atoms with E-state index in [1.54, 1.807) is 0 Å². The molecule has 214 valence electrons. The Kier molecular flexibility index (Phi) is 10.6. The van der Waals surface area contributed by atoms with E-state index < -0.39 is 41.7 Å². The second-order valence-corrected chi connectivity index (χ2v) is 10.1. The van der Waals surface area contributed by atoms with Gasteiger partial charge in [-0.3, -0.25) is 0 Å². The van der Waals surface area contributed by atoms with Crippen molar-refractivity contribution in [2.24, 2.45) is 0 Å². The van der Waals surface area contributed by atoms with Crippen LogP contribution in [0.1, 0.15) is 30.0 Å². The maximum Gasteiger partial charge on any atom is 0.384 e. The molecule has 1 aliphatic rings. The van der Waals surface area contributed by atoms with Crippen molar-refractivity contribution < 1.29 is 37.3 Å². The van der Waals surface area contributed by atoms with Crippen LogP contribution in [0, 0.1) is 0 Å². The van der Waals surface area contributed by atoms with E-state index in [2.05, 4.69) is 4.74 Å². The van der Waals surface area contributed by atoms with Crippen molar-refractivity contribution in [1.82, 2.24) is 0 Å². The zero-order valence-electron chi connectivity index (χ0n) is 22.2. The predicted octanol–water partition coefficient (Wildman–Crippen LogP) is 6.30. The molecule has 40 heavy (non-hydrogen) atoms. The van der Waals surface area contributed by atoms with E-state index in [4.69, 9.17) is 30.5 Å². The number of ether oxygens (including phenoxy) is 5. The first-order valence-corrected chi connectivity index (χ1v) is 13.5. The summed E-state index contributed by atoms with van der Waals surface area (Å²) in [5.74, 6) is -5.93. The molecule has 3 aromatic carbocycles. The monoisotopic (exact) mass is 574 g/mol. The number of alkyl halides is 3. The van der Waals surface area contributed by atoms with Gasteiger partial charge >= 0.3 is 11.9 Å². The molecule has 1 fully saturated rings. The zero-order chi connectivity index (χ0) is 28.4. The third-order valence-corrected chi connectivity index (χ3v) is 7.00. The van der Waals surface area contributed by atoms with E-state index in [-0.39, 0.29) is 33.0 Å². The Bertz CT molecular complexity index is 1180. The molecule has 1 aliphatic heterocycles. The molecular formula is C31H33ClF2O6. The molecule has 4 rings (SSSR count). The highest BCUT2D eigenvalue weighted by Crippen LogP contribution is 2.47. The van der Waals surface area contributed by atoms with Crippen LogP contribution in [0.5, 0.6) is 0 Å². The lowest BCUT2D eigenvalue weighted by Crippen LogP contribution is -2.63. The summed E-state index contributed by atoms with van der Waals surface area (Å²) < 4.78 is 59.7. The molecule has 0 aliphatic carbocycles. The second kappa shape index (κ2) is 14.1. The van der Waals surface area contributed by atoms with Crippen molar-refractivity contribution in [3.05, 3.63) is 108 Å². The smallest absolute Gasteiger partial charge is 0.384 e. The quantitative estimate of drug-likeness (QED) is 0.176. The SMILES string of the molecule is CCOC(=O)C(F)(F)C1(Cl)CC(OCc2ccccc2)[C@H](OCc2ccccc2)C(COCc2ccccc2)O1. The summed E-state index contributed by atoms with van der Waals surface area (Å²) in [6, 6.07) is 28.1. The lowest BCUT2D eigenvalue weighted by Gasteiger charge is -2.47. The minimum atomic E-state index is -4.17. The highest BCUT2D eigenvalue weighted by molar-refractivity contribution is 6.25. The van der Waals surface area contributed by atoms with Gasteiger partial charge in [-0.15, -0.1) is 0 Å². The third kappa shape index (κ3) is 7.65. The summed E-state index contributed by atoms with van der Waals surface area (Å²) >= 11 is 6.48. The molecule has 4 atom stereocenters. The summed E-state index contributed by atoms with van der Waals surface area (Å²) in [6.45, 7) is 1.58. The average Bonchev–Trinajstić information content (AvgIpc) is 2.97. The van der Waals surface area contributed by atoms with E-state index in [1.807, 2.05) is 91.0 Å². The van der Waals surface area contributed by atoms with Crippen LogP contribution in [0.2, 0.25) is 0 Å². The Hall–Kier alpha value is -2.88. The number of carbonyl (C=O) groups excluding carboxylic acids is 1. The molecule has 6 nitrogen and oxygen atoms in total. The van der Waals surface area contributed by atoms with Gasteiger partial charge in [0, 0.05) is 6.42 Å². The van der Waals surface area contributed by atoms with Crippen molar-refractivity contribution in [2.45, 2.75) is 62.5 Å². The van der Waals surface area contributed by atoms with E-state index in [0.29, 0.717) is 0 Å².